The Morgan fingerprint density at radius 3 is 2.70 bits per heavy atom. The lowest BCUT2D eigenvalue weighted by molar-refractivity contribution is 0.102. The molecule has 0 unspecified atom stereocenters. The predicted octanol–water partition coefficient (Wildman–Crippen LogP) is 4.65. The highest BCUT2D eigenvalue weighted by Gasteiger charge is 2.10. The first-order valence-corrected chi connectivity index (χ1v) is 8.93. The number of amides is 1. The van der Waals surface area contributed by atoms with Crippen LogP contribution in [-0.2, 0) is 6.42 Å². The molecule has 0 radical (unpaired) electrons. The summed E-state index contributed by atoms with van der Waals surface area (Å²) in [7, 11) is 1.67. The summed E-state index contributed by atoms with van der Waals surface area (Å²) in [5, 5.41) is 6.57. The van der Waals surface area contributed by atoms with Gasteiger partial charge in [0.25, 0.3) is 5.91 Å². The smallest absolute Gasteiger partial charge is 0.274 e. The fraction of sp³-hybridized carbons (Fsp3) is 0.143. The molecule has 0 atom stereocenters. The Hall–Kier alpha value is -3.05. The van der Waals surface area contributed by atoms with Crippen molar-refractivity contribution in [2.24, 2.45) is 0 Å². The van der Waals surface area contributed by atoms with Crippen LogP contribution in [0.3, 0.4) is 0 Å². The minimum atomic E-state index is -0.309. The fourth-order valence-electron chi connectivity index (χ4n) is 2.66. The Labute approximate surface area is 163 Å². The second kappa shape index (κ2) is 9.05. The number of hydrogen-bond donors (Lipinski definition) is 2. The summed E-state index contributed by atoms with van der Waals surface area (Å²) < 4.78 is 5.36. The molecule has 3 rings (SSSR count). The van der Waals surface area contributed by atoms with E-state index in [0.29, 0.717) is 22.9 Å². The monoisotopic (exact) mass is 381 g/mol. The van der Waals surface area contributed by atoms with Crippen molar-refractivity contribution in [3.05, 3.63) is 83.1 Å². The first-order chi connectivity index (χ1) is 13.2. The normalized spacial score (nSPS) is 10.3. The zero-order valence-corrected chi connectivity index (χ0v) is 15.7. The second-order valence-corrected chi connectivity index (χ2v) is 6.26. The number of hydrogen-bond acceptors (Lipinski definition) is 4. The van der Waals surface area contributed by atoms with Crippen molar-refractivity contribution in [2.45, 2.75) is 6.42 Å². The van der Waals surface area contributed by atoms with Gasteiger partial charge in [0.15, 0.2) is 0 Å². The van der Waals surface area contributed by atoms with E-state index in [-0.39, 0.29) is 5.91 Å². The number of carbonyl (C=O) groups excluding carboxylic acids is 1. The van der Waals surface area contributed by atoms with Gasteiger partial charge in [0.2, 0.25) is 0 Å². The fourth-order valence-corrected chi connectivity index (χ4v) is 2.85. The number of halogens is 1. The van der Waals surface area contributed by atoms with E-state index in [0.717, 1.165) is 23.4 Å². The summed E-state index contributed by atoms with van der Waals surface area (Å²) in [6, 6.07) is 18.5. The molecule has 0 fully saturated rings. The molecule has 2 N–H and O–H groups in total. The molecule has 0 saturated heterocycles. The number of nitrogens with one attached hydrogen (secondary N) is 2. The lowest BCUT2D eigenvalue weighted by Gasteiger charge is -2.11. The molecule has 1 heterocycles. The van der Waals surface area contributed by atoms with Crippen molar-refractivity contribution >= 4 is 28.9 Å². The van der Waals surface area contributed by atoms with Crippen LogP contribution in [0.15, 0.2) is 66.9 Å². The zero-order chi connectivity index (χ0) is 19.1. The third-order valence-electron chi connectivity index (χ3n) is 4.03. The number of methoxy groups -OCH3 is 1. The van der Waals surface area contributed by atoms with Gasteiger partial charge in [-0.15, -0.1) is 0 Å². The van der Waals surface area contributed by atoms with E-state index in [1.54, 1.807) is 31.5 Å². The Bertz CT molecular complexity index is 931. The largest absolute Gasteiger partial charge is 0.496 e. The average Bonchev–Trinajstić information content (AvgIpc) is 2.70. The number of para-hydroxylation sites is 2. The highest BCUT2D eigenvalue weighted by atomic mass is 35.5. The Morgan fingerprint density at radius 1 is 1.11 bits per heavy atom. The maximum Gasteiger partial charge on any atom is 0.274 e. The quantitative estimate of drug-likeness (QED) is 0.625. The number of ether oxygens (including phenoxy) is 1. The lowest BCUT2D eigenvalue weighted by Crippen LogP contribution is -2.14. The molecule has 0 spiro atoms. The highest BCUT2D eigenvalue weighted by Crippen LogP contribution is 2.21. The van der Waals surface area contributed by atoms with Gasteiger partial charge in [0, 0.05) is 18.4 Å². The number of carbonyl (C=O) groups is 1. The van der Waals surface area contributed by atoms with Crippen molar-refractivity contribution in [1.29, 1.82) is 0 Å². The zero-order valence-electron chi connectivity index (χ0n) is 14.9. The van der Waals surface area contributed by atoms with Crippen molar-refractivity contribution in [3.63, 3.8) is 0 Å². The van der Waals surface area contributed by atoms with Gasteiger partial charge >= 0.3 is 0 Å². The molecule has 0 aliphatic carbocycles. The van der Waals surface area contributed by atoms with E-state index in [4.69, 9.17) is 16.3 Å². The second-order valence-electron chi connectivity index (χ2n) is 5.85. The summed E-state index contributed by atoms with van der Waals surface area (Å²) in [6.45, 7) is 0.704. The number of nitrogens with zero attached hydrogens (tertiary/aromatic N) is 1. The van der Waals surface area contributed by atoms with Gasteiger partial charge in [-0.3, -0.25) is 9.78 Å². The first-order valence-electron chi connectivity index (χ1n) is 8.55. The van der Waals surface area contributed by atoms with Crippen LogP contribution >= 0.6 is 11.6 Å². The summed E-state index contributed by atoms with van der Waals surface area (Å²) in [6.07, 6.45) is 2.40. The Kier molecular flexibility index (Phi) is 6.28. The van der Waals surface area contributed by atoms with Gasteiger partial charge in [-0.05, 0) is 42.3 Å². The molecule has 1 aromatic heterocycles. The number of anilines is 2. The molecule has 2 aromatic carbocycles. The van der Waals surface area contributed by atoms with E-state index in [1.165, 1.54) is 0 Å². The molecule has 0 bridgehead atoms. The van der Waals surface area contributed by atoms with Crippen molar-refractivity contribution in [2.75, 3.05) is 24.3 Å². The topological polar surface area (TPSA) is 63.2 Å². The van der Waals surface area contributed by atoms with Gasteiger partial charge in [-0.1, -0.05) is 41.9 Å². The van der Waals surface area contributed by atoms with Gasteiger partial charge in [0.05, 0.1) is 17.8 Å². The number of benzene rings is 2. The number of aromatic nitrogens is 1. The van der Waals surface area contributed by atoms with Gasteiger partial charge < -0.3 is 15.4 Å². The van der Waals surface area contributed by atoms with Gasteiger partial charge in [-0.2, -0.15) is 0 Å². The minimum Gasteiger partial charge on any atom is -0.496 e. The van der Waals surface area contributed by atoms with Crippen LogP contribution in [0.1, 0.15) is 16.1 Å². The predicted molar refractivity (Wildman–Crippen MR) is 109 cm³/mol. The summed E-state index contributed by atoms with van der Waals surface area (Å²) >= 11 is 6.08. The van der Waals surface area contributed by atoms with Crippen LogP contribution < -0.4 is 15.4 Å². The summed E-state index contributed by atoms with van der Waals surface area (Å²) in [5.74, 6) is 0.560. The molecule has 0 aliphatic heterocycles. The maximum atomic E-state index is 12.4. The van der Waals surface area contributed by atoms with Crippen molar-refractivity contribution < 1.29 is 9.53 Å². The molecular weight excluding hydrogens is 362 g/mol. The SMILES string of the molecule is COc1ccccc1CCNc1ccnc(C(=O)Nc2ccccc2Cl)c1. The molecular formula is C21H20ClN3O2. The van der Waals surface area contributed by atoms with Gasteiger partial charge in [-0.25, -0.2) is 0 Å². The van der Waals surface area contributed by atoms with Gasteiger partial charge in [0.1, 0.15) is 11.4 Å². The van der Waals surface area contributed by atoms with E-state index in [2.05, 4.69) is 15.6 Å². The van der Waals surface area contributed by atoms with E-state index >= 15 is 0 Å². The maximum absolute atomic E-state index is 12.4. The van der Waals surface area contributed by atoms with Crippen LogP contribution in [-0.4, -0.2) is 24.5 Å². The average molecular weight is 382 g/mol. The molecule has 3 aromatic rings. The standard InChI is InChI=1S/C21H20ClN3O2/c1-27-20-9-5-2-6-15(20)10-12-23-16-11-13-24-19(14-16)21(26)25-18-8-4-3-7-17(18)22/h2-9,11,13-14H,10,12H2,1H3,(H,23,24)(H,25,26). The molecule has 6 heteroatoms. The van der Waals surface area contributed by atoms with Crippen molar-refractivity contribution in [1.82, 2.24) is 4.98 Å². The molecule has 1 amide bonds. The van der Waals surface area contributed by atoms with E-state index in [1.807, 2.05) is 42.5 Å². The van der Waals surface area contributed by atoms with E-state index in [9.17, 15) is 4.79 Å². The molecule has 5 nitrogen and oxygen atoms in total. The van der Waals surface area contributed by atoms with Crippen LogP contribution in [0.2, 0.25) is 5.02 Å². The van der Waals surface area contributed by atoms with Crippen LogP contribution in [0.4, 0.5) is 11.4 Å². The van der Waals surface area contributed by atoms with Crippen molar-refractivity contribution in [3.8, 4) is 5.75 Å². The molecule has 0 aliphatic rings. The first kappa shape index (κ1) is 18.7. The number of pyridine rings is 1. The third-order valence-corrected chi connectivity index (χ3v) is 4.36. The number of rotatable bonds is 7. The van der Waals surface area contributed by atoms with Crippen LogP contribution in [0, 0.1) is 0 Å². The molecule has 27 heavy (non-hydrogen) atoms. The Balaban J connectivity index is 1.62. The molecule has 0 saturated carbocycles. The summed E-state index contributed by atoms with van der Waals surface area (Å²) in [4.78, 5) is 16.6. The highest BCUT2D eigenvalue weighted by molar-refractivity contribution is 6.33. The molecule has 138 valence electrons. The third kappa shape index (κ3) is 4.99. The summed E-state index contributed by atoms with van der Waals surface area (Å²) in [5.41, 5.74) is 2.82. The Morgan fingerprint density at radius 2 is 1.89 bits per heavy atom. The van der Waals surface area contributed by atoms with E-state index < -0.39 is 0 Å². The minimum absolute atomic E-state index is 0.309. The van der Waals surface area contributed by atoms with Crippen LogP contribution in [0.25, 0.3) is 0 Å². The lowest BCUT2D eigenvalue weighted by atomic mass is 10.1. The van der Waals surface area contributed by atoms with Crippen LogP contribution in [0.5, 0.6) is 5.75 Å².